The van der Waals surface area contributed by atoms with Crippen LogP contribution in [0.5, 0.6) is 5.88 Å². The molecule has 0 aliphatic heterocycles. The minimum Gasteiger partial charge on any atom is -0.481 e. The van der Waals surface area contributed by atoms with Crippen molar-refractivity contribution in [1.29, 1.82) is 5.26 Å². The molecule has 2 rings (SSSR count). The number of hydrogen-bond donors (Lipinski definition) is 1. The van der Waals surface area contributed by atoms with Gasteiger partial charge in [0.1, 0.15) is 0 Å². The first-order chi connectivity index (χ1) is 9.21. The number of pyridine rings is 1. The third-order valence-electron chi connectivity index (χ3n) is 2.53. The zero-order chi connectivity index (χ0) is 13.7. The minimum absolute atomic E-state index is 0.589. The number of nitrogens with one attached hydrogen (secondary N) is 1. The van der Waals surface area contributed by atoms with Gasteiger partial charge in [0, 0.05) is 29.0 Å². The molecule has 0 spiro atoms. The Morgan fingerprint density at radius 3 is 2.95 bits per heavy atom. The number of benzene rings is 1. The Morgan fingerprint density at radius 2 is 2.21 bits per heavy atom. The summed E-state index contributed by atoms with van der Waals surface area (Å²) in [4.78, 5) is 4.05. The predicted octanol–water partition coefficient (Wildman–Crippen LogP) is 3.34. The Hall–Kier alpha value is -2.06. The van der Waals surface area contributed by atoms with E-state index in [-0.39, 0.29) is 0 Å². The number of rotatable bonds is 4. The minimum atomic E-state index is 0.589. The van der Waals surface area contributed by atoms with Crippen LogP contribution in [0.15, 0.2) is 41.0 Å². The summed E-state index contributed by atoms with van der Waals surface area (Å²) in [6.45, 7) is 0.639. The van der Waals surface area contributed by atoms with Gasteiger partial charge in [0.25, 0.3) is 0 Å². The monoisotopic (exact) mass is 317 g/mol. The topological polar surface area (TPSA) is 57.9 Å². The second kappa shape index (κ2) is 6.21. The molecule has 1 aromatic heterocycles. The van der Waals surface area contributed by atoms with Gasteiger partial charge in [0.05, 0.1) is 18.7 Å². The fourth-order valence-corrected chi connectivity index (χ4v) is 2.13. The molecule has 1 heterocycles. The first-order valence-corrected chi connectivity index (χ1v) is 6.44. The molecule has 1 aromatic carbocycles. The van der Waals surface area contributed by atoms with Gasteiger partial charge in [-0.2, -0.15) is 5.26 Å². The summed E-state index contributed by atoms with van der Waals surface area (Å²) in [5.74, 6) is 0.589. The zero-order valence-corrected chi connectivity index (χ0v) is 11.9. The van der Waals surface area contributed by atoms with Gasteiger partial charge in [-0.3, -0.25) is 0 Å². The van der Waals surface area contributed by atoms with Crippen LogP contribution < -0.4 is 10.1 Å². The highest BCUT2D eigenvalue weighted by Gasteiger charge is 2.00. The van der Waals surface area contributed by atoms with E-state index in [4.69, 9.17) is 10.00 Å². The van der Waals surface area contributed by atoms with E-state index < -0.39 is 0 Å². The summed E-state index contributed by atoms with van der Waals surface area (Å²) in [6.07, 6.45) is 1.71. The quantitative estimate of drug-likeness (QED) is 0.939. The zero-order valence-electron chi connectivity index (χ0n) is 10.4. The van der Waals surface area contributed by atoms with Gasteiger partial charge in [-0.05, 0) is 29.8 Å². The van der Waals surface area contributed by atoms with Crippen molar-refractivity contribution in [3.63, 3.8) is 0 Å². The third kappa shape index (κ3) is 3.70. The molecule has 0 atom stereocenters. The van der Waals surface area contributed by atoms with E-state index in [9.17, 15) is 0 Å². The smallest absolute Gasteiger partial charge is 0.213 e. The van der Waals surface area contributed by atoms with Crippen LogP contribution in [0.4, 0.5) is 5.69 Å². The average molecular weight is 318 g/mol. The van der Waals surface area contributed by atoms with Crippen LogP contribution in [-0.2, 0) is 6.54 Å². The van der Waals surface area contributed by atoms with E-state index in [1.807, 2.05) is 24.3 Å². The number of nitrogens with zero attached hydrogens (tertiary/aromatic N) is 2. The van der Waals surface area contributed by atoms with E-state index >= 15 is 0 Å². The van der Waals surface area contributed by atoms with Crippen LogP contribution in [0, 0.1) is 11.3 Å². The van der Waals surface area contributed by atoms with Crippen molar-refractivity contribution < 1.29 is 4.74 Å². The maximum absolute atomic E-state index is 8.92. The van der Waals surface area contributed by atoms with E-state index in [2.05, 4.69) is 32.3 Å². The van der Waals surface area contributed by atoms with Crippen molar-refractivity contribution in [2.24, 2.45) is 0 Å². The lowest BCUT2D eigenvalue weighted by atomic mass is 10.2. The van der Waals surface area contributed by atoms with Gasteiger partial charge in [-0.15, -0.1) is 0 Å². The molecule has 0 bridgehead atoms. The summed E-state index contributed by atoms with van der Waals surface area (Å²) in [5, 5.41) is 12.2. The molecule has 2 aromatic rings. The summed E-state index contributed by atoms with van der Waals surface area (Å²) in [6, 6.07) is 11.4. The lowest BCUT2D eigenvalue weighted by Gasteiger charge is -2.08. The van der Waals surface area contributed by atoms with Crippen LogP contribution in [0.3, 0.4) is 0 Å². The standard InChI is InChI=1S/C14H12BrN3O/c1-19-14-6-10(2-3-17-14)9-18-13-5-11(8-16)4-12(15)7-13/h2-7,18H,9H2,1H3. The second-order valence-electron chi connectivity index (χ2n) is 3.90. The van der Waals surface area contributed by atoms with Crippen molar-refractivity contribution in [3.8, 4) is 11.9 Å². The first-order valence-electron chi connectivity index (χ1n) is 5.65. The molecule has 0 saturated heterocycles. The van der Waals surface area contributed by atoms with Crippen molar-refractivity contribution >= 4 is 21.6 Å². The Labute approximate surface area is 120 Å². The number of nitriles is 1. The SMILES string of the molecule is COc1cc(CNc2cc(Br)cc(C#N)c2)ccn1. The molecule has 0 radical (unpaired) electrons. The molecule has 4 nitrogen and oxygen atoms in total. The van der Waals surface area contributed by atoms with Crippen molar-refractivity contribution in [2.45, 2.75) is 6.54 Å². The normalized spacial score (nSPS) is 9.74. The van der Waals surface area contributed by atoms with Crippen LogP contribution in [0.2, 0.25) is 0 Å². The molecular formula is C14H12BrN3O. The first kappa shape index (κ1) is 13.4. The molecule has 19 heavy (non-hydrogen) atoms. The summed E-state index contributed by atoms with van der Waals surface area (Å²) >= 11 is 3.38. The molecule has 96 valence electrons. The third-order valence-corrected chi connectivity index (χ3v) is 2.99. The number of hydrogen-bond acceptors (Lipinski definition) is 4. The average Bonchev–Trinajstić information content (AvgIpc) is 2.44. The molecule has 5 heteroatoms. The molecule has 0 unspecified atom stereocenters. The highest BCUT2D eigenvalue weighted by atomic mass is 79.9. The number of aromatic nitrogens is 1. The highest BCUT2D eigenvalue weighted by Crippen LogP contribution is 2.20. The second-order valence-corrected chi connectivity index (χ2v) is 4.82. The lowest BCUT2D eigenvalue weighted by molar-refractivity contribution is 0.397. The van der Waals surface area contributed by atoms with Crippen molar-refractivity contribution in [3.05, 3.63) is 52.1 Å². The predicted molar refractivity (Wildman–Crippen MR) is 77.0 cm³/mol. The largest absolute Gasteiger partial charge is 0.481 e. The fourth-order valence-electron chi connectivity index (χ4n) is 1.63. The van der Waals surface area contributed by atoms with Crippen LogP contribution in [-0.4, -0.2) is 12.1 Å². The number of methoxy groups -OCH3 is 1. The molecule has 0 saturated carbocycles. The molecule has 0 fully saturated rings. The number of halogens is 1. The van der Waals surface area contributed by atoms with Crippen LogP contribution in [0.25, 0.3) is 0 Å². The molecule has 0 amide bonds. The summed E-state index contributed by atoms with van der Waals surface area (Å²) in [5.41, 5.74) is 2.57. The van der Waals surface area contributed by atoms with E-state index in [1.165, 1.54) is 0 Å². The van der Waals surface area contributed by atoms with Gasteiger partial charge in [0.2, 0.25) is 5.88 Å². The lowest BCUT2D eigenvalue weighted by Crippen LogP contribution is -2.00. The van der Waals surface area contributed by atoms with Gasteiger partial charge < -0.3 is 10.1 Å². The van der Waals surface area contributed by atoms with E-state index in [1.54, 1.807) is 19.4 Å². The maximum atomic E-state index is 8.92. The van der Waals surface area contributed by atoms with Crippen molar-refractivity contribution in [2.75, 3.05) is 12.4 Å². The van der Waals surface area contributed by atoms with Crippen LogP contribution >= 0.6 is 15.9 Å². The Balaban J connectivity index is 2.10. The van der Waals surface area contributed by atoms with Gasteiger partial charge >= 0.3 is 0 Å². The summed E-state index contributed by atoms with van der Waals surface area (Å²) in [7, 11) is 1.59. The van der Waals surface area contributed by atoms with Crippen LogP contribution in [0.1, 0.15) is 11.1 Å². The maximum Gasteiger partial charge on any atom is 0.213 e. The number of anilines is 1. The fraction of sp³-hybridized carbons (Fsp3) is 0.143. The number of ether oxygens (including phenoxy) is 1. The Morgan fingerprint density at radius 1 is 1.37 bits per heavy atom. The van der Waals surface area contributed by atoms with Crippen molar-refractivity contribution in [1.82, 2.24) is 4.98 Å². The van der Waals surface area contributed by atoms with Gasteiger partial charge in [-0.25, -0.2) is 4.98 Å². The van der Waals surface area contributed by atoms with E-state index in [0.29, 0.717) is 18.0 Å². The molecule has 0 aliphatic carbocycles. The Kier molecular flexibility index (Phi) is 4.37. The molecular weight excluding hydrogens is 306 g/mol. The highest BCUT2D eigenvalue weighted by molar-refractivity contribution is 9.10. The van der Waals surface area contributed by atoms with E-state index in [0.717, 1.165) is 15.7 Å². The molecule has 1 N–H and O–H groups in total. The Bertz CT molecular complexity index is 622. The molecule has 0 aliphatic rings. The van der Waals surface area contributed by atoms with Gasteiger partial charge in [-0.1, -0.05) is 15.9 Å². The van der Waals surface area contributed by atoms with Gasteiger partial charge in [0.15, 0.2) is 0 Å². The summed E-state index contributed by atoms with van der Waals surface area (Å²) < 4.78 is 5.95.